The quantitative estimate of drug-likeness (QED) is 0.401. The zero-order chi connectivity index (χ0) is 9.28. The van der Waals surface area contributed by atoms with Crippen molar-refractivity contribution in [1.29, 1.82) is 0 Å². The van der Waals surface area contributed by atoms with Gasteiger partial charge < -0.3 is 5.11 Å². The molecule has 0 saturated carbocycles. The molecule has 11 heavy (non-hydrogen) atoms. The molecule has 0 bridgehead atoms. The lowest BCUT2D eigenvalue weighted by molar-refractivity contribution is -0.138. The van der Waals surface area contributed by atoms with Crippen LogP contribution in [0.1, 0.15) is 6.92 Å². The Bertz CT molecular complexity index is 115. The van der Waals surface area contributed by atoms with Crippen molar-refractivity contribution in [2.45, 2.75) is 13.0 Å². The van der Waals surface area contributed by atoms with Crippen LogP contribution in [0.3, 0.4) is 0 Å². The Hall–Kier alpha value is -0.130. The van der Waals surface area contributed by atoms with Gasteiger partial charge in [-0.2, -0.15) is 12.6 Å². The minimum atomic E-state index is -0.935. The monoisotopic (exact) mass is 195 g/mol. The van der Waals surface area contributed by atoms with Crippen molar-refractivity contribution in [1.82, 2.24) is 4.72 Å². The van der Waals surface area contributed by atoms with Gasteiger partial charge >= 0.3 is 5.97 Å². The Balaban J connectivity index is 0. The van der Waals surface area contributed by atoms with Gasteiger partial charge in [0.1, 0.15) is 6.04 Å². The van der Waals surface area contributed by atoms with E-state index in [9.17, 15) is 4.79 Å². The van der Waals surface area contributed by atoms with E-state index in [1.54, 1.807) is 6.08 Å². The maximum Gasteiger partial charge on any atom is 0.322 e. The lowest BCUT2D eigenvalue weighted by Crippen LogP contribution is -2.32. The Morgan fingerprint density at radius 1 is 1.91 bits per heavy atom. The van der Waals surface area contributed by atoms with Crippen LogP contribution in [0.25, 0.3) is 0 Å². The number of nitrogens with one attached hydrogen (secondary N) is 1. The number of thiol groups is 2. The van der Waals surface area contributed by atoms with Crippen molar-refractivity contribution < 1.29 is 9.90 Å². The Morgan fingerprint density at radius 2 is 2.27 bits per heavy atom. The molecule has 0 aliphatic heterocycles. The molecule has 0 aromatic carbocycles. The molecule has 0 aromatic rings. The fourth-order valence-corrected chi connectivity index (χ4v) is 0.767. The molecule has 3 nitrogen and oxygen atoms in total. The molecular weight excluding hydrogens is 182 g/mol. The lowest BCUT2D eigenvalue weighted by Gasteiger charge is -2.03. The smallest absolute Gasteiger partial charge is 0.322 e. The van der Waals surface area contributed by atoms with Gasteiger partial charge in [0, 0.05) is 5.75 Å². The molecule has 0 heterocycles. The summed E-state index contributed by atoms with van der Waals surface area (Å²) in [6, 6.07) is -0.651. The number of carboxylic acid groups (broad SMARTS) is 1. The molecule has 0 aliphatic rings. The highest BCUT2D eigenvalue weighted by atomic mass is 32.1. The third-order valence-electron chi connectivity index (χ3n) is 0.637. The molecule has 0 saturated heterocycles. The van der Waals surface area contributed by atoms with Gasteiger partial charge in [0.2, 0.25) is 0 Å². The van der Waals surface area contributed by atoms with Crippen molar-refractivity contribution in [3.8, 4) is 0 Å². The van der Waals surface area contributed by atoms with E-state index < -0.39 is 12.0 Å². The second-order valence-corrected chi connectivity index (χ2v) is 2.23. The number of rotatable bonds is 3. The van der Waals surface area contributed by atoms with Crippen LogP contribution in [0.4, 0.5) is 0 Å². The summed E-state index contributed by atoms with van der Waals surface area (Å²) in [6.07, 6.45) is 1.75. The molecule has 0 aromatic heterocycles. The summed E-state index contributed by atoms with van der Waals surface area (Å²) in [5.74, 6) is -0.686. The van der Waals surface area contributed by atoms with Gasteiger partial charge in [-0.3, -0.25) is 9.52 Å². The predicted octanol–water partition coefficient (Wildman–Crippen LogP) is 0.996. The van der Waals surface area contributed by atoms with E-state index in [2.05, 4.69) is 36.7 Å². The van der Waals surface area contributed by atoms with Crippen LogP contribution < -0.4 is 4.72 Å². The summed E-state index contributed by atoms with van der Waals surface area (Å²) in [4.78, 5) is 10.0. The van der Waals surface area contributed by atoms with Gasteiger partial charge in [0.05, 0.1) is 0 Å². The summed E-state index contributed by atoms with van der Waals surface area (Å²) in [6.45, 7) is 5.25. The molecule has 0 spiro atoms. The van der Waals surface area contributed by atoms with Gasteiger partial charge in [-0.1, -0.05) is 18.9 Å². The average Bonchev–Trinajstić information content (AvgIpc) is 1.91. The Morgan fingerprint density at radius 3 is 2.27 bits per heavy atom. The highest BCUT2D eigenvalue weighted by Crippen LogP contribution is 1.87. The molecule has 66 valence electrons. The third kappa shape index (κ3) is 9.87. The maximum atomic E-state index is 10.0. The molecular formula is C6H13NO2S2. The maximum absolute atomic E-state index is 10.0. The van der Waals surface area contributed by atoms with E-state index >= 15 is 0 Å². The van der Waals surface area contributed by atoms with Crippen molar-refractivity contribution in [3.63, 3.8) is 0 Å². The highest BCUT2D eigenvalue weighted by Gasteiger charge is 2.11. The van der Waals surface area contributed by atoms with E-state index in [4.69, 9.17) is 5.11 Å². The number of aliphatic carboxylic acids is 1. The fourth-order valence-electron chi connectivity index (χ4n) is 0.174. The van der Waals surface area contributed by atoms with Gasteiger partial charge in [0.15, 0.2) is 0 Å². The number of allylic oxidation sites excluding steroid dienone is 1. The van der Waals surface area contributed by atoms with Crippen LogP contribution >= 0.6 is 25.4 Å². The number of carboxylic acids is 1. The van der Waals surface area contributed by atoms with E-state index in [0.29, 0.717) is 0 Å². The standard InChI is InChI=1S/C3H7NO2S2.C3H6/c5-3(6)2(1-7)4-8;1-3-2/h2,4,7-8H,1H2,(H,5,6);3H,1H2,2H3. The van der Waals surface area contributed by atoms with Crippen LogP contribution in [0.5, 0.6) is 0 Å². The zero-order valence-corrected chi connectivity index (χ0v) is 8.11. The normalized spacial score (nSPS) is 10.8. The van der Waals surface area contributed by atoms with E-state index in [0.717, 1.165) is 0 Å². The second kappa shape index (κ2) is 9.87. The molecule has 5 heteroatoms. The second-order valence-electron chi connectivity index (χ2n) is 1.61. The van der Waals surface area contributed by atoms with Crippen LogP contribution in [0.15, 0.2) is 12.7 Å². The summed E-state index contributed by atoms with van der Waals surface area (Å²) in [5, 5.41) is 8.21. The summed E-state index contributed by atoms with van der Waals surface area (Å²) < 4.78 is 2.27. The van der Waals surface area contributed by atoms with Crippen molar-refractivity contribution in [2.75, 3.05) is 5.75 Å². The van der Waals surface area contributed by atoms with E-state index in [1.807, 2.05) is 6.92 Å². The molecule has 0 rings (SSSR count). The largest absolute Gasteiger partial charge is 0.480 e. The Kier molecular flexibility index (Phi) is 12.1. The van der Waals surface area contributed by atoms with Crippen LogP contribution in [-0.4, -0.2) is 22.9 Å². The minimum absolute atomic E-state index is 0.249. The molecule has 0 fully saturated rings. The molecule has 1 atom stereocenters. The first-order valence-corrected chi connectivity index (χ1v) is 4.02. The zero-order valence-electron chi connectivity index (χ0n) is 6.32. The first-order chi connectivity index (χ1) is 5.13. The Labute approximate surface area is 77.8 Å². The SMILES string of the molecule is C=CC.O=C(O)C(CS)NS. The van der Waals surface area contributed by atoms with Crippen molar-refractivity contribution in [2.24, 2.45) is 0 Å². The highest BCUT2D eigenvalue weighted by molar-refractivity contribution is 7.80. The van der Waals surface area contributed by atoms with Gasteiger partial charge in [-0.05, 0) is 6.92 Å². The van der Waals surface area contributed by atoms with Crippen LogP contribution in [0, 0.1) is 0 Å². The third-order valence-corrected chi connectivity index (χ3v) is 1.31. The molecule has 1 unspecified atom stereocenters. The first kappa shape index (κ1) is 13.5. The van der Waals surface area contributed by atoms with Gasteiger partial charge in [-0.25, -0.2) is 0 Å². The summed E-state index contributed by atoms with van der Waals surface area (Å²) >= 11 is 7.30. The molecule has 0 aliphatic carbocycles. The number of hydrogen-bond acceptors (Lipinski definition) is 4. The van der Waals surface area contributed by atoms with Gasteiger partial charge in [0.25, 0.3) is 0 Å². The summed E-state index contributed by atoms with van der Waals surface area (Å²) in [7, 11) is 0. The number of hydrogen-bond donors (Lipinski definition) is 4. The van der Waals surface area contributed by atoms with Crippen LogP contribution in [-0.2, 0) is 4.79 Å². The minimum Gasteiger partial charge on any atom is -0.480 e. The first-order valence-electron chi connectivity index (χ1n) is 2.94. The van der Waals surface area contributed by atoms with Crippen molar-refractivity contribution in [3.05, 3.63) is 12.7 Å². The van der Waals surface area contributed by atoms with Crippen molar-refractivity contribution >= 4 is 31.4 Å². The summed E-state index contributed by atoms with van der Waals surface area (Å²) in [5.41, 5.74) is 0. The number of carbonyl (C=O) groups is 1. The fraction of sp³-hybridized carbons (Fsp3) is 0.500. The lowest BCUT2D eigenvalue weighted by atomic mass is 10.4. The van der Waals surface area contributed by atoms with E-state index in [1.165, 1.54) is 0 Å². The predicted molar refractivity (Wildman–Crippen MR) is 53.3 cm³/mol. The topological polar surface area (TPSA) is 49.3 Å². The molecule has 0 amide bonds. The van der Waals surface area contributed by atoms with Gasteiger partial charge in [-0.15, -0.1) is 6.58 Å². The van der Waals surface area contributed by atoms with Crippen LogP contribution in [0.2, 0.25) is 0 Å². The molecule has 2 N–H and O–H groups in total. The van der Waals surface area contributed by atoms with E-state index in [-0.39, 0.29) is 5.75 Å². The average molecular weight is 195 g/mol. The molecule has 0 radical (unpaired) electrons.